The van der Waals surface area contributed by atoms with E-state index in [0.29, 0.717) is 12.1 Å². The standard InChI is InChI=1S/C21H35N5S.HI/c1-16(25-11-8-20-17(14-25)9-12-27-20)13-23-21(22-2)24-18-7-10-26(15-18)19-5-3-4-6-19;/h9,12,16,18-19H,3-8,10-11,13-15H2,1-2H3,(H2,22,23,24);1H. The van der Waals surface area contributed by atoms with Gasteiger partial charge in [-0.05, 0) is 49.6 Å². The molecule has 2 aliphatic heterocycles. The van der Waals surface area contributed by atoms with Crippen molar-refractivity contribution in [3.05, 3.63) is 21.9 Å². The van der Waals surface area contributed by atoms with Gasteiger partial charge in [-0.25, -0.2) is 0 Å². The Morgan fingerprint density at radius 3 is 2.89 bits per heavy atom. The Labute approximate surface area is 191 Å². The fraction of sp³-hybridized carbons (Fsp3) is 0.762. The smallest absolute Gasteiger partial charge is 0.191 e. The highest BCUT2D eigenvalue weighted by molar-refractivity contribution is 14.0. The number of hydrogen-bond donors (Lipinski definition) is 2. The van der Waals surface area contributed by atoms with Crippen molar-refractivity contribution in [2.45, 2.75) is 70.1 Å². The fourth-order valence-electron chi connectivity index (χ4n) is 4.91. The molecule has 2 N–H and O–H groups in total. The van der Waals surface area contributed by atoms with Gasteiger partial charge in [0.1, 0.15) is 0 Å². The molecule has 1 aromatic rings. The van der Waals surface area contributed by atoms with Crippen molar-refractivity contribution in [3.63, 3.8) is 0 Å². The molecule has 0 spiro atoms. The molecule has 3 aliphatic rings. The summed E-state index contributed by atoms with van der Waals surface area (Å²) in [7, 11) is 1.89. The Hall–Kier alpha value is -0.380. The second-order valence-corrected chi connectivity index (χ2v) is 9.46. The van der Waals surface area contributed by atoms with Crippen LogP contribution < -0.4 is 10.6 Å². The van der Waals surface area contributed by atoms with E-state index in [1.54, 1.807) is 4.88 Å². The van der Waals surface area contributed by atoms with E-state index in [-0.39, 0.29) is 24.0 Å². The highest BCUT2D eigenvalue weighted by Crippen LogP contribution is 2.27. The third-order valence-corrected chi connectivity index (χ3v) is 7.67. The lowest BCUT2D eigenvalue weighted by atomic mass is 10.1. The van der Waals surface area contributed by atoms with Crippen LogP contribution in [-0.2, 0) is 13.0 Å². The van der Waals surface area contributed by atoms with Crippen LogP contribution in [0.3, 0.4) is 0 Å². The van der Waals surface area contributed by atoms with Gasteiger partial charge < -0.3 is 10.6 Å². The molecule has 3 heterocycles. The highest BCUT2D eigenvalue weighted by atomic mass is 127. The van der Waals surface area contributed by atoms with E-state index >= 15 is 0 Å². The summed E-state index contributed by atoms with van der Waals surface area (Å²) >= 11 is 1.91. The van der Waals surface area contributed by atoms with Gasteiger partial charge in [0.05, 0.1) is 0 Å². The van der Waals surface area contributed by atoms with Gasteiger partial charge in [-0.3, -0.25) is 14.8 Å². The molecule has 2 fully saturated rings. The molecule has 5 nitrogen and oxygen atoms in total. The maximum Gasteiger partial charge on any atom is 0.191 e. The molecule has 2 atom stereocenters. The number of halogens is 1. The van der Waals surface area contributed by atoms with Crippen LogP contribution in [-0.4, -0.2) is 67.1 Å². The molecule has 0 aromatic carbocycles. The molecule has 1 aromatic heterocycles. The zero-order chi connectivity index (χ0) is 18.6. The molecule has 7 heteroatoms. The molecule has 1 aliphatic carbocycles. The normalized spacial score (nSPS) is 25.4. The Balaban J connectivity index is 0.00000225. The van der Waals surface area contributed by atoms with Crippen molar-refractivity contribution in [1.29, 1.82) is 0 Å². The van der Waals surface area contributed by atoms with Crippen molar-refractivity contribution in [2.75, 3.05) is 33.2 Å². The van der Waals surface area contributed by atoms with Crippen molar-refractivity contribution < 1.29 is 0 Å². The van der Waals surface area contributed by atoms with Crippen LogP contribution in [0.4, 0.5) is 0 Å². The lowest BCUT2D eigenvalue weighted by Gasteiger charge is -2.33. The maximum atomic E-state index is 4.48. The number of nitrogens with one attached hydrogen (secondary N) is 2. The number of guanidine groups is 1. The van der Waals surface area contributed by atoms with Crippen LogP contribution in [0.15, 0.2) is 16.4 Å². The van der Waals surface area contributed by atoms with Crippen LogP contribution in [0.1, 0.15) is 49.5 Å². The summed E-state index contributed by atoms with van der Waals surface area (Å²) in [5.41, 5.74) is 1.53. The van der Waals surface area contributed by atoms with Gasteiger partial charge in [-0.2, -0.15) is 0 Å². The minimum Gasteiger partial charge on any atom is -0.355 e. The molecule has 158 valence electrons. The van der Waals surface area contributed by atoms with Gasteiger partial charge in [-0.1, -0.05) is 12.8 Å². The summed E-state index contributed by atoms with van der Waals surface area (Å²) in [4.78, 5) is 11.3. The van der Waals surface area contributed by atoms with Crippen LogP contribution in [0.25, 0.3) is 0 Å². The Kier molecular flexibility index (Phi) is 8.44. The van der Waals surface area contributed by atoms with E-state index in [4.69, 9.17) is 0 Å². The average Bonchev–Trinajstić information content (AvgIpc) is 3.45. The van der Waals surface area contributed by atoms with Crippen LogP contribution in [0, 0.1) is 0 Å². The summed E-state index contributed by atoms with van der Waals surface area (Å²) in [6.45, 7) is 7.95. The van der Waals surface area contributed by atoms with E-state index in [2.05, 4.69) is 43.8 Å². The second kappa shape index (κ2) is 10.6. The van der Waals surface area contributed by atoms with E-state index in [1.807, 2.05) is 18.4 Å². The lowest BCUT2D eigenvalue weighted by molar-refractivity contribution is 0.192. The Morgan fingerprint density at radius 1 is 1.29 bits per heavy atom. The number of fused-ring (bicyclic) bond motifs is 1. The van der Waals surface area contributed by atoms with Gasteiger partial charge in [0.15, 0.2) is 5.96 Å². The minimum absolute atomic E-state index is 0. The topological polar surface area (TPSA) is 42.9 Å². The third kappa shape index (κ3) is 5.40. The van der Waals surface area contributed by atoms with E-state index in [1.165, 1.54) is 63.7 Å². The zero-order valence-electron chi connectivity index (χ0n) is 17.3. The largest absolute Gasteiger partial charge is 0.355 e. The molecule has 2 unspecified atom stereocenters. The lowest BCUT2D eigenvalue weighted by Crippen LogP contribution is -2.49. The molecule has 0 amide bonds. The first kappa shape index (κ1) is 22.3. The van der Waals surface area contributed by atoms with Crippen molar-refractivity contribution in [2.24, 2.45) is 4.99 Å². The molecule has 0 radical (unpaired) electrons. The monoisotopic (exact) mass is 517 g/mol. The molecule has 28 heavy (non-hydrogen) atoms. The maximum absolute atomic E-state index is 4.48. The quantitative estimate of drug-likeness (QED) is 0.358. The Bertz CT molecular complexity index is 642. The molecule has 1 saturated carbocycles. The average molecular weight is 518 g/mol. The van der Waals surface area contributed by atoms with Crippen LogP contribution >= 0.6 is 35.3 Å². The van der Waals surface area contributed by atoms with Crippen molar-refractivity contribution in [3.8, 4) is 0 Å². The predicted molar refractivity (Wildman–Crippen MR) is 130 cm³/mol. The number of nitrogens with zero attached hydrogens (tertiary/aromatic N) is 3. The van der Waals surface area contributed by atoms with E-state index < -0.39 is 0 Å². The summed E-state index contributed by atoms with van der Waals surface area (Å²) < 4.78 is 0. The summed E-state index contributed by atoms with van der Waals surface area (Å²) in [5, 5.41) is 9.48. The van der Waals surface area contributed by atoms with Gasteiger partial charge in [-0.15, -0.1) is 35.3 Å². The Morgan fingerprint density at radius 2 is 2.11 bits per heavy atom. The first-order chi connectivity index (χ1) is 13.2. The first-order valence-corrected chi connectivity index (χ1v) is 11.6. The number of rotatable bonds is 5. The van der Waals surface area contributed by atoms with Gasteiger partial charge >= 0.3 is 0 Å². The van der Waals surface area contributed by atoms with Crippen molar-refractivity contribution in [1.82, 2.24) is 20.4 Å². The number of hydrogen-bond acceptors (Lipinski definition) is 4. The summed E-state index contributed by atoms with van der Waals surface area (Å²) in [5.74, 6) is 0.966. The molecular weight excluding hydrogens is 481 g/mol. The predicted octanol–water partition coefficient (Wildman–Crippen LogP) is 3.29. The SMILES string of the molecule is CN=C(NCC(C)N1CCc2sccc2C1)NC1CCN(C2CCCC2)C1.I. The molecule has 0 bridgehead atoms. The highest BCUT2D eigenvalue weighted by Gasteiger charge is 2.30. The molecule has 4 rings (SSSR count). The van der Waals surface area contributed by atoms with Gasteiger partial charge in [0.25, 0.3) is 0 Å². The molecular formula is C21H36IN5S. The van der Waals surface area contributed by atoms with Crippen molar-refractivity contribution >= 4 is 41.3 Å². The van der Waals surface area contributed by atoms with Gasteiger partial charge in [0, 0.05) is 62.8 Å². The zero-order valence-corrected chi connectivity index (χ0v) is 20.5. The molecule has 1 saturated heterocycles. The minimum atomic E-state index is 0. The van der Waals surface area contributed by atoms with E-state index in [9.17, 15) is 0 Å². The van der Waals surface area contributed by atoms with E-state index in [0.717, 1.165) is 25.1 Å². The fourth-order valence-corrected chi connectivity index (χ4v) is 5.80. The van der Waals surface area contributed by atoms with Crippen LogP contribution in [0.5, 0.6) is 0 Å². The van der Waals surface area contributed by atoms with Gasteiger partial charge in [0.2, 0.25) is 0 Å². The number of likely N-dealkylation sites (tertiary alicyclic amines) is 1. The third-order valence-electron chi connectivity index (χ3n) is 6.65. The first-order valence-electron chi connectivity index (χ1n) is 10.7. The summed E-state index contributed by atoms with van der Waals surface area (Å²) in [6.07, 6.45) is 8.08. The second-order valence-electron chi connectivity index (χ2n) is 8.45. The summed E-state index contributed by atoms with van der Waals surface area (Å²) in [6, 6.07) is 4.18. The number of aliphatic imine (C=N–C) groups is 1. The number of thiophene rings is 1. The van der Waals surface area contributed by atoms with Crippen LogP contribution in [0.2, 0.25) is 0 Å².